The van der Waals surface area contributed by atoms with Gasteiger partial charge in [0, 0.05) is 43.6 Å². The number of ether oxygens (including phenoxy) is 1. The Hall–Kier alpha value is -2.93. The van der Waals surface area contributed by atoms with Crippen LogP contribution in [0.4, 0.5) is 5.82 Å². The summed E-state index contributed by atoms with van der Waals surface area (Å²) in [6, 6.07) is 9.84. The standard InChI is InChI=1S/C23H29N5O2/c1-15-8-19(9-16(2)14-30-13-15)28(3)23-7-6-21(26-27-23)20-5-4-17(10-22(20)29)18-11-24-25-12-18/h4-7,10-12,15-16,19,29H,8-9,13-14H2,1-3H3,(H,24,25)/t15-,16+,19?. The smallest absolute Gasteiger partial charge is 0.151 e. The Labute approximate surface area is 177 Å². The first-order valence-electron chi connectivity index (χ1n) is 10.5. The Kier molecular flexibility index (Phi) is 5.99. The highest BCUT2D eigenvalue weighted by Crippen LogP contribution is 2.33. The second kappa shape index (κ2) is 8.83. The zero-order valence-corrected chi connectivity index (χ0v) is 17.7. The minimum atomic E-state index is 0.173. The van der Waals surface area contributed by atoms with E-state index >= 15 is 0 Å². The number of H-pyrrole nitrogens is 1. The second-order valence-electron chi connectivity index (χ2n) is 8.48. The molecule has 7 heteroatoms. The summed E-state index contributed by atoms with van der Waals surface area (Å²) in [6.07, 6.45) is 5.66. The number of rotatable bonds is 4. The van der Waals surface area contributed by atoms with Crippen LogP contribution >= 0.6 is 0 Å². The highest BCUT2D eigenvalue weighted by molar-refractivity contribution is 5.73. The van der Waals surface area contributed by atoms with Gasteiger partial charge in [0.15, 0.2) is 5.82 Å². The molecule has 1 aliphatic heterocycles. The van der Waals surface area contributed by atoms with Crippen molar-refractivity contribution in [1.29, 1.82) is 0 Å². The van der Waals surface area contributed by atoms with Crippen molar-refractivity contribution in [2.24, 2.45) is 11.8 Å². The van der Waals surface area contributed by atoms with Gasteiger partial charge in [-0.25, -0.2) is 0 Å². The molecule has 1 unspecified atom stereocenters. The molecule has 0 spiro atoms. The lowest BCUT2D eigenvalue weighted by Crippen LogP contribution is -2.38. The van der Waals surface area contributed by atoms with Crippen LogP contribution < -0.4 is 4.90 Å². The second-order valence-corrected chi connectivity index (χ2v) is 8.48. The zero-order valence-electron chi connectivity index (χ0n) is 17.7. The number of anilines is 1. The molecule has 158 valence electrons. The SMILES string of the molecule is C[C@@H]1COC[C@H](C)CC(N(C)c2ccc(-c3ccc(-c4cn[nH]c4)cc3O)nn2)C1. The van der Waals surface area contributed by atoms with E-state index in [1.165, 1.54) is 0 Å². The number of aromatic nitrogens is 4. The van der Waals surface area contributed by atoms with Gasteiger partial charge in [-0.3, -0.25) is 5.10 Å². The van der Waals surface area contributed by atoms with Crippen LogP contribution in [-0.2, 0) is 4.74 Å². The Morgan fingerprint density at radius 3 is 2.40 bits per heavy atom. The van der Waals surface area contributed by atoms with Crippen molar-refractivity contribution in [2.45, 2.75) is 32.7 Å². The van der Waals surface area contributed by atoms with Gasteiger partial charge in [-0.05, 0) is 54.5 Å². The molecule has 3 atom stereocenters. The summed E-state index contributed by atoms with van der Waals surface area (Å²) >= 11 is 0. The number of aromatic hydroxyl groups is 1. The number of aromatic amines is 1. The van der Waals surface area contributed by atoms with Crippen molar-refractivity contribution in [3.8, 4) is 28.1 Å². The van der Waals surface area contributed by atoms with Crippen LogP contribution in [0, 0.1) is 11.8 Å². The molecule has 1 fully saturated rings. The number of hydrogen-bond donors (Lipinski definition) is 2. The van der Waals surface area contributed by atoms with E-state index in [-0.39, 0.29) is 5.75 Å². The molecule has 30 heavy (non-hydrogen) atoms. The van der Waals surface area contributed by atoms with Crippen molar-refractivity contribution in [2.75, 3.05) is 25.2 Å². The number of nitrogens with zero attached hydrogens (tertiary/aromatic N) is 4. The monoisotopic (exact) mass is 407 g/mol. The van der Waals surface area contributed by atoms with Gasteiger partial charge >= 0.3 is 0 Å². The van der Waals surface area contributed by atoms with Gasteiger partial charge in [0.2, 0.25) is 0 Å². The summed E-state index contributed by atoms with van der Waals surface area (Å²) in [6.45, 7) is 6.10. The van der Waals surface area contributed by atoms with Crippen molar-refractivity contribution in [1.82, 2.24) is 20.4 Å². The molecular weight excluding hydrogens is 378 g/mol. The van der Waals surface area contributed by atoms with Crippen molar-refractivity contribution >= 4 is 5.82 Å². The minimum absolute atomic E-state index is 0.173. The molecule has 3 aromatic rings. The van der Waals surface area contributed by atoms with E-state index in [1.54, 1.807) is 18.5 Å². The predicted molar refractivity (Wildman–Crippen MR) is 117 cm³/mol. The Morgan fingerprint density at radius 1 is 1.03 bits per heavy atom. The number of benzene rings is 1. The van der Waals surface area contributed by atoms with Crippen LogP contribution in [0.1, 0.15) is 26.7 Å². The number of phenols is 1. The molecule has 2 aromatic heterocycles. The van der Waals surface area contributed by atoms with E-state index in [1.807, 2.05) is 24.3 Å². The Bertz CT molecular complexity index is 946. The predicted octanol–water partition coefficient (Wildman–Crippen LogP) is 4.13. The molecule has 1 aromatic carbocycles. The third-order valence-corrected chi connectivity index (χ3v) is 5.82. The normalized spacial score (nSPS) is 22.3. The maximum absolute atomic E-state index is 10.5. The highest BCUT2D eigenvalue weighted by atomic mass is 16.5. The third kappa shape index (κ3) is 4.46. The Morgan fingerprint density at radius 2 is 1.80 bits per heavy atom. The fourth-order valence-corrected chi connectivity index (χ4v) is 4.13. The molecule has 3 heterocycles. The number of hydrogen-bond acceptors (Lipinski definition) is 6. The first kappa shape index (κ1) is 20.3. The molecular formula is C23H29N5O2. The first-order chi connectivity index (χ1) is 14.5. The summed E-state index contributed by atoms with van der Waals surface area (Å²) in [5, 5.41) is 26.1. The molecule has 0 saturated carbocycles. The lowest BCUT2D eigenvalue weighted by molar-refractivity contribution is 0.0555. The molecule has 7 nitrogen and oxygen atoms in total. The maximum atomic E-state index is 10.5. The maximum Gasteiger partial charge on any atom is 0.151 e. The van der Waals surface area contributed by atoms with Gasteiger partial charge in [0.1, 0.15) is 5.75 Å². The summed E-state index contributed by atoms with van der Waals surface area (Å²) < 4.78 is 5.77. The van der Waals surface area contributed by atoms with Crippen LogP contribution in [0.2, 0.25) is 0 Å². The van der Waals surface area contributed by atoms with Crippen molar-refractivity contribution in [3.63, 3.8) is 0 Å². The Balaban J connectivity index is 1.52. The molecule has 1 aliphatic rings. The third-order valence-electron chi connectivity index (χ3n) is 5.82. The molecule has 0 amide bonds. The van der Waals surface area contributed by atoms with E-state index in [0.29, 0.717) is 29.1 Å². The number of phenolic OH excluding ortho intramolecular Hbond substituents is 1. The number of nitrogens with one attached hydrogen (secondary N) is 1. The molecule has 0 aliphatic carbocycles. The average Bonchev–Trinajstić information content (AvgIpc) is 3.26. The van der Waals surface area contributed by atoms with E-state index in [2.05, 4.69) is 46.2 Å². The van der Waals surface area contributed by atoms with E-state index < -0.39 is 0 Å². The van der Waals surface area contributed by atoms with Crippen molar-refractivity contribution in [3.05, 3.63) is 42.7 Å². The van der Waals surface area contributed by atoms with E-state index in [0.717, 1.165) is 43.0 Å². The van der Waals surface area contributed by atoms with Crippen LogP contribution in [-0.4, -0.2) is 51.8 Å². The van der Waals surface area contributed by atoms with E-state index in [9.17, 15) is 5.11 Å². The average molecular weight is 408 g/mol. The van der Waals surface area contributed by atoms with Crippen LogP contribution in [0.5, 0.6) is 5.75 Å². The topological polar surface area (TPSA) is 87.2 Å². The highest BCUT2D eigenvalue weighted by Gasteiger charge is 2.24. The minimum Gasteiger partial charge on any atom is -0.507 e. The first-order valence-corrected chi connectivity index (χ1v) is 10.5. The van der Waals surface area contributed by atoms with Gasteiger partial charge in [0.25, 0.3) is 0 Å². The fraction of sp³-hybridized carbons (Fsp3) is 0.435. The molecule has 0 bridgehead atoms. The molecule has 4 rings (SSSR count). The molecule has 2 N–H and O–H groups in total. The van der Waals surface area contributed by atoms with Gasteiger partial charge < -0.3 is 14.7 Å². The van der Waals surface area contributed by atoms with Crippen molar-refractivity contribution < 1.29 is 9.84 Å². The summed E-state index contributed by atoms with van der Waals surface area (Å²) in [5.41, 5.74) is 3.13. The zero-order chi connectivity index (χ0) is 21.1. The van der Waals surface area contributed by atoms with Gasteiger partial charge in [-0.15, -0.1) is 10.2 Å². The summed E-state index contributed by atoms with van der Waals surface area (Å²) in [4.78, 5) is 2.23. The van der Waals surface area contributed by atoms with Gasteiger partial charge in [0.05, 0.1) is 11.9 Å². The lowest BCUT2D eigenvalue weighted by atomic mass is 9.92. The quantitative estimate of drug-likeness (QED) is 0.676. The molecule has 0 radical (unpaired) electrons. The van der Waals surface area contributed by atoms with Crippen LogP contribution in [0.25, 0.3) is 22.4 Å². The lowest BCUT2D eigenvalue weighted by Gasteiger charge is -2.34. The van der Waals surface area contributed by atoms with E-state index in [4.69, 9.17) is 4.74 Å². The van der Waals surface area contributed by atoms with Gasteiger partial charge in [-0.1, -0.05) is 19.9 Å². The van der Waals surface area contributed by atoms with Crippen LogP contribution in [0.3, 0.4) is 0 Å². The van der Waals surface area contributed by atoms with Crippen LogP contribution in [0.15, 0.2) is 42.7 Å². The van der Waals surface area contributed by atoms with Gasteiger partial charge in [-0.2, -0.15) is 5.10 Å². The molecule has 1 saturated heterocycles. The summed E-state index contributed by atoms with van der Waals surface area (Å²) in [7, 11) is 2.09. The largest absolute Gasteiger partial charge is 0.507 e. The summed E-state index contributed by atoms with van der Waals surface area (Å²) in [5.74, 6) is 2.05. The fourth-order valence-electron chi connectivity index (χ4n) is 4.13.